The molecule has 1 aromatic carbocycles. The van der Waals surface area contributed by atoms with Gasteiger partial charge in [0.2, 0.25) is 11.8 Å². The van der Waals surface area contributed by atoms with Crippen molar-refractivity contribution in [3.8, 4) is 23.4 Å². The lowest BCUT2D eigenvalue weighted by Crippen LogP contribution is -2.41. The van der Waals surface area contributed by atoms with Crippen LogP contribution in [0.2, 0.25) is 0 Å². The second-order valence-corrected chi connectivity index (χ2v) is 8.05. The Labute approximate surface area is 198 Å². The number of nitrogens with one attached hydrogen (secondary N) is 1. The van der Waals surface area contributed by atoms with E-state index in [2.05, 4.69) is 16.4 Å². The topological polar surface area (TPSA) is 126 Å². The Bertz CT molecular complexity index is 1050. The molecule has 1 amide bonds. The van der Waals surface area contributed by atoms with Crippen LogP contribution in [0.1, 0.15) is 18.4 Å². The number of nitriles is 1. The number of aliphatic hydroxyl groups excluding tert-OH is 1. The number of pyridine rings is 1. The predicted molar refractivity (Wildman–Crippen MR) is 123 cm³/mol. The highest BCUT2D eigenvalue weighted by molar-refractivity contribution is 5.78. The van der Waals surface area contributed by atoms with E-state index >= 15 is 0 Å². The molecule has 2 aromatic rings. The lowest BCUT2D eigenvalue weighted by atomic mass is 9.99. The maximum atomic E-state index is 12.4. The Morgan fingerprint density at radius 1 is 1.35 bits per heavy atom. The Morgan fingerprint density at radius 2 is 2.18 bits per heavy atom. The van der Waals surface area contributed by atoms with E-state index in [1.807, 2.05) is 11.0 Å². The highest BCUT2D eigenvalue weighted by atomic mass is 16.5. The maximum Gasteiger partial charge on any atom is 0.231 e. The summed E-state index contributed by atoms with van der Waals surface area (Å²) in [5, 5.41) is 22.1. The largest absolute Gasteiger partial charge is 0.490 e. The zero-order chi connectivity index (χ0) is 23.9. The van der Waals surface area contributed by atoms with Crippen LogP contribution in [0.4, 0.5) is 11.4 Å². The Morgan fingerprint density at radius 3 is 2.91 bits per heavy atom. The normalized spacial score (nSPS) is 16.6. The summed E-state index contributed by atoms with van der Waals surface area (Å²) in [7, 11) is 1.47. The maximum absolute atomic E-state index is 12.4. The van der Waals surface area contributed by atoms with Gasteiger partial charge >= 0.3 is 0 Å². The third kappa shape index (κ3) is 5.32. The number of carbonyl (C=O) groups is 1. The van der Waals surface area contributed by atoms with Crippen LogP contribution in [-0.2, 0) is 9.53 Å². The van der Waals surface area contributed by atoms with Gasteiger partial charge < -0.3 is 34.3 Å². The molecule has 0 spiro atoms. The molecule has 10 nitrogen and oxygen atoms in total. The fourth-order valence-corrected chi connectivity index (χ4v) is 4.03. The van der Waals surface area contributed by atoms with Crippen molar-refractivity contribution < 1.29 is 28.8 Å². The number of amides is 1. The molecule has 4 rings (SSSR count). The van der Waals surface area contributed by atoms with Crippen LogP contribution in [0.15, 0.2) is 30.5 Å². The molecule has 0 bridgehead atoms. The molecule has 0 saturated carbocycles. The number of fused-ring (bicyclic) bond motifs is 1. The van der Waals surface area contributed by atoms with Gasteiger partial charge in [-0.15, -0.1) is 0 Å². The summed E-state index contributed by atoms with van der Waals surface area (Å²) in [4.78, 5) is 18.6. The van der Waals surface area contributed by atoms with Gasteiger partial charge in [0.05, 0.1) is 44.4 Å². The first kappa shape index (κ1) is 23.6. The average molecular weight is 469 g/mol. The van der Waals surface area contributed by atoms with E-state index in [0.717, 1.165) is 11.4 Å². The van der Waals surface area contributed by atoms with Crippen LogP contribution in [0.3, 0.4) is 0 Å². The lowest BCUT2D eigenvalue weighted by molar-refractivity contribution is -0.128. The van der Waals surface area contributed by atoms with Crippen LogP contribution >= 0.6 is 0 Å². The second kappa shape index (κ2) is 11.0. The minimum Gasteiger partial charge on any atom is -0.490 e. The Balaban J connectivity index is 1.47. The van der Waals surface area contributed by atoms with E-state index in [1.54, 1.807) is 24.4 Å². The third-order valence-electron chi connectivity index (χ3n) is 5.86. The molecule has 0 aliphatic carbocycles. The molecule has 1 atom stereocenters. The smallest absolute Gasteiger partial charge is 0.231 e. The van der Waals surface area contributed by atoms with Crippen molar-refractivity contribution in [3.05, 3.63) is 36.0 Å². The molecule has 2 aliphatic rings. The highest BCUT2D eigenvalue weighted by Crippen LogP contribution is 2.39. The van der Waals surface area contributed by atoms with Gasteiger partial charge in [-0.25, -0.2) is 4.98 Å². The van der Waals surface area contributed by atoms with Gasteiger partial charge in [0.25, 0.3) is 0 Å². The van der Waals surface area contributed by atoms with Gasteiger partial charge in [0.1, 0.15) is 35.8 Å². The molecule has 2 aliphatic heterocycles. The summed E-state index contributed by atoms with van der Waals surface area (Å²) in [5.41, 5.74) is 1.81. The molecular formula is C24H28N4O6. The zero-order valence-corrected chi connectivity index (χ0v) is 19.0. The van der Waals surface area contributed by atoms with Crippen LogP contribution < -0.4 is 24.4 Å². The van der Waals surface area contributed by atoms with Gasteiger partial charge in [-0.1, -0.05) is 0 Å². The van der Waals surface area contributed by atoms with Crippen molar-refractivity contribution in [1.29, 1.82) is 5.26 Å². The lowest BCUT2D eigenvalue weighted by Gasteiger charge is -2.32. The van der Waals surface area contributed by atoms with E-state index in [4.69, 9.17) is 18.9 Å². The molecule has 0 radical (unpaired) electrons. The van der Waals surface area contributed by atoms with Crippen LogP contribution in [0.25, 0.3) is 0 Å². The van der Waals surface area contributed by atoms with Gasteiger partial charge in [-0.05, 0) is 31.0 Å². The summed E-state index contributed by atoms with van der Waals surface area (Å²) in [6.07, 6.45) is 2.44. The summed E-state index contributed by atoms with van der Waals surface area (Å²) in [5.74, 6) is 1.34. The molecule has 1 fully saturated rings. The number of hydrogen-bond acceptors (Lipinski definition) is 9. The van der Waals surface area contributed by atoms with E-state index < -0.39 is 6.10 Å². The summed E-state index contributed by atoms with van der Waals surface area (Å²) < 4.78 is 22.2. The average Bonchev–Trinajstić information content (AvgIpc) is 2.90. The van der Waals surface area contributed by atoms with Crippen LogP contribution in [-0.4, -0.2) is 68.7 Å². The van der Waals surface area contributed by atoms with Crippen molar-refractivity contribution in [2.45, 2.75) is 18.9 Å². The van der Waals surface area contributed by atoms with Gasteiger partial charge in [-0.3, -0.25) is 4.79 Å². The zero-order valence-electron chi connectivity index (χ0n) is 19.0. The summed E-state index contributed by atoms with van der Waals surface area (Å²) >= 11 is 0. The van der Waals surface area contributed by atoms with Gasteiger partial charge in [-0.2, -0.15) is 5.26 Å². The summed E-state index contributed by atoms with van der Waals surface area (Å²) in [6, 6.07) is 9.20. The Hall–Kier alpha value is -3.55. The van der Waals surface area contributed by atoms with E-state index in [-0.39, 0.29) is 30.9 Å². The van der Waals surface area contributed by atoms with Gasteiger partial charge in [0, 0.05) is 25.2 Å². The molecule has 180 valence electrons. The number of anilines is 2. The second-order valence-electron chi connectivity index (χ2n) is 8.05. The highest BCUT2D eigenvalue weighted by Gasteiger charge is 2.24. The number of methoxy groups -OCH3 is 1. The Kier molecular flexibility index (Phi) is 7.67. The molecule has 34 heavy (non-hydrogen) atoms. The minimum absolute atomic E-state index is 0.0457. The molecule has 1 aromatic heterocycles. The summed E-state index contributed by atoms with van der Waals surface area (Å²) in [6.45, 7) is 2.15. The van der Waals surface area contributed by atoms with E-state index in [9.17, 15) is 15.2 Å². The number of carbonyl (C=O) groups excluding carboxylic acids is 1. The number of benzene rings is 1. The third-order valence-corrected chi connectivity index (χ3v) is 5.86. The number of aliphatic hydroxyl groups is 1. The molecule has 2 N–H and O–H groups in total. The van der Waals surface area contributed by atoms with Crippen LogP contribution in [0, 0.1) is 17.2 Å². The number of ether oxygens (including phenoxy) is 4. The number of hydrogen-bond donors (Lipinski definition) is 2. The number of nitrogens with zero attached hydrogens (tertiary/aromatic N) is 3. The first-order valence-corrected chi connectivity index (χ1v) is 11.2. The van der Waals surface area contributed by atoms with Crippen LogP contribution in [0.5, 0.6) is 17.4 Å². The molecule has 0 unspecified atom stereocenters. The molecule has 10 heteroatoms. The first-order valence-electron chi connectivity index (χ1n) is 11.2. The van der Waals surface area contributed by atoms with Crippen molar-refractivity contribution >= 4 is 17.3 Å². The predicted octanol–water partition coefficient (Wildman–Crippen LogP) is 1.77. The van der Waals surface area contributed by atoms with Crippen molar-refractivity contribution in [1.82, 2.24) is 10.3 Å². The van der Waals surface area contributed by atoms with Crippen molar-refractivity contribution in [3.63, 3.8) is 0 Å². The molecule has 1 saturated heterocycles. The fourth-order valence-electron chi connectivity index (χ4n) is 4.03. The van der Waals surface area contributed by atoms with Crippen molar-refractivity contribution in [2.24, 2.45) is 5.92 Å². The van der Waals surface area contributed by atoms with Crippen molar-refractivity contribution in [2.75, 3.05) is 51.5 Å². The van der Waals surface area contributed by atoms with Gasteiger partial charge in [0.15, 0.2) is 0 Å². The quantitative estimate of drug-likeness (QED) is 0.596. The monoisotopic (exact) mass is 468 g/mol. The molecule has 3 heterocycles. The number of rotatable bonds is 8. The first-order chi connectivity index (χ1) is 16.6. The minimum atomic E-state index is -0.604. The number of aromatic nitrogens is 1. The standard InChI is InChI=1S/C24H28N4O6/c1-31-24-17(12-25)10-18(13-27-24)28-6-9-33-22-3-2-19(11-21(22)28)34-20(15-29)14-26-23(30)16-4-7-32-8-5-16/h2-3,10-11,13,16,20,29H,4-9,14-15H2,1H3,(H,26,30)/t20-/m0/s1. The van der Waals surface area contributed by atoms with E-state index in [1.165, 1.54) is 7.11 Å². The SMILES string of the molecule is COc1ncc(N2CCOc3ccc(O[C@H](CO)CNC(=O)C4CCOCC4)cc32)cc1C#N. The fraction of sp³-hybridized carbons (Fsp3) is 0.458. The van der Waals surface area contributed by atoms with E-state index in [0.29, 0.717) is 56.3 Å². The molecular weight excluding hydrogens is 440 g/mol.